The number of phenols is 1. The number of fused-ring (bicyclic) bond motifs is 5. The first-order chi connectivity index (χ1) is 12.9. The van der Waals surface area contributed by atoms with Crippen molar-refractivity contribution >= 4 is 16.9 Å². The number of aromatic nitrogens is 2. The summed E-state index contributed by atoms with van der Waals surface area (Å²) in [5.41, 5.74) is 1.25. The smallest absolute Gasteiger partial charge is 1.00 e. The van der Waals surface area contributed by atoms with Crippen molar-refractivity contribution in [1.29, 1.82) is 0 Å². The molecule has 138 valence electrons. The van der Waals surface area contributed by atoms with Crippen molar-refractivity contribution in [1.82, 2.24) is 9.55 Å². The zero-order chi connectivity index (χ0) is 18.9. The van der Waals surface area contributed by atoms with E-state index in [1.807, 2.05) is 6.07 Å². The van der Waals surface area contributed by atoms with Crippen LogP contribution in [0.25, 0.3) is 22.3 Å². The van der Waals surface area contributed by atoms with E-state index in [1.54, 1.807) is 35.8 Å². The summed E-state index contributed by atoms with van der Waals surface area (Å²) in [6.45, 7) is 1.87. The number of aliphatic hydroxyl groups is 1. The van der Waals surface area contributed by atoms with Crippen LogP contribution in [0.2, 0.25) is 0 Å². The molecule has 4 heterocycles. The zero-order valence-electron chi connectivity index (χ0n) is 16.5. The molecule has 1 atom stereocenters. The van der Waals surface area contributed by atoms with Gasteiger partial charge in [-0.1, -0.05) is 6.92 Å². The van der Waals surface area contributed by atoms with Gasteiger partial charge in [0, 0.05) is 16.5 Å². The average Bonchev–Trinajstić information content (AvgIpc) is 3.01. The van der Waals surface area contributed by atoms with Gasteiger partial charge >= 0.3 is 35.5 Å². The van der Waals surface area contributed by atoms with Crippen LogP contribution in [-0.2, 0) is 28.3 Å². The molecule has 8 heteroatoms. The van der Waals surface area contributed by atoms with Gasteiger partial charge in [-0.05, 0) is 36.8 Å². The summed E-state index contributed by atoms with van der Waals surface area (Å²) in [4.78, 5) is 29.8. The number of carbonyl (C=O) groups excluding carboxylic acids is 1. The Balaban J connectivity index is 0.00000120. The Morgan fingerprint density at radius 2 is 2.07 bits per heavy atom. The molecule has 2 N–H and O–H groups in total. The number of carbonyl (C=O) groups is 1. The topological polar surface area (TPSA) is 102 Å². The molecule has 2 aliphatic rings. The van der Waals surface area contributed by atoms with Crippen molar-refractivity contribution in [3.63, 3.8) is 0 Å². The van der Waals surface area contributed by atoms with Gasteiger partial charge in [-0.15, -0.1) is 0 Å². The Morgan fingerprint density at radius 1 is 1.29 bits per heavy atom. The second-order valence-corrected chi connectivity index (χ2v) is 6.98. The van der Waals surface area contributed by atoms with E-state index in [0.29, 0.717) is 34.6 Å². The summed E-state index contributed by atoms with van der Waals surface area (Å²) in [5.74, 6) is -0.585. The number of aromatic hydroxyl groups is 1. The minimum absolute atomic E-state index is 0. The molecule has 2 aromatic heterocycles. The molecule has 28 heavy (non-hydrogen) atoms. The molecule has 0 saturated carbocycles. The fourth-order valence-corrected chi connectivity index (χ4v) is 3.97. The Kier molecular flexibility index (Phi) is 4.39. The molecule has 0 fully saturated rings. The van der Waals surface area contributed by atoms with Gasteiger partial charge < -0.3 is 20.9 Å². The molecule has 5 rings (SSSR count). The maximum Gasteiger partial charge on any atom is 1.00 e. The Morgan fingerprint density at radius 3 is 2.82 bits per heavy atom. The summed E-state index contributed by atoms with van der Waals surface area (Å²) in [6, 6.07) is 8.48. The van der Waals surface area contributed by atoms with E-state index >= 15 is 0 Å². The first-order valence-corrected chi connectivity index (χ1v) is 8.72. The molecular weight excluding hydrogens is 371 g/mol. The fourth-order valence-electron chi connectivity index (χ4n) is 3.97. The van der Waals surface area contributed by atoms with E-state index in [1.165, 1.54) is 0 Å². The minimum atomic E-state index is -1.83. The number of ether oxygens (including phenoxy) is 1. The zero-order valence-corrected chi connectivity index (χ0v) is 17.5. The van der Waals surface area contributed by atoms with E-state index < -0.39 is 11.6 Å². The van der Waals surface area contributed by atoms with Crippen molar-refractivity contribution in [3.8, 4) is 17.1 Å². The SMILES string of the molecule is CCC1(O)C(=O)OCc2c1cc1n(c2=O)Cc2cc3cc(O)ccc3nc2-1.[H-].[Na+]. The summed E-state index contributed by atoms with van der Waals surface area (Å²) < 4.78 is 6.65. The van der Waals surface area contributed by atoms with Gasteiger partial charge in [-0.25, -0.2) is 9.78 Å². The molecule has 1 aromatic carbocycles. The van der Waals surface area contributed by atoms with Crippen LogP contribution < -0.4 is 35.1 Å². The second kappa shape index (κ2) is 6.42. The van der Waals surface area contributed by atoms with Crippen molar-refractivity contribution < 1.29 is 50.7 Å². The third-order valence-corrected chi connectivity index (χ3v) is 5.49. The third-order valence-electron chi connectivity index (χ3n) is 5.49. The summed E-state index contributed by atoms with van der Waals surface area (Å²) in [6.07, 6.45) is 0.110. The predicted octanol–water partition coefficient (Wildman–Crippen LogP) is -1.10. The number of rotatable bonds is 1. The number of nitrogens with zero attached hydrogens (tertiary/aromatic N) is 2. The van der Waals surface area contributed by atoms with Crippen LogP contribution in [-0.4, -0.2) is 25.7 Å². The molecule has 7 nitrogen and oxygen atoms in total. The third kappa shape index (κ3) is 2.47. The van der Waals surface area contributed by atoms with Crippen LogP contribution in [0.3, 0.4) is 0 Å². The van der Waals surface area contributed by atoms with Crippen LogP contribution in [0.1, 0.15) is 31.5 Å². The minimum Gasteiger partial charge on any atom is -1.00 e. The fraction of sp³-hybridized carbons (Fsp3) is 0.250. The van der Waals surface area contributed by atoms with Crippen LogP contribution in [0, 0.1) is 0 Å². The molecule has 0 aliphatic carbocycles. The van der Waals surface area contributed by atoms with Gasteiger partial charge in [0.2, 0.25) is 0 Å². The number of phenolic OH excluding ortho intramolecular Hbond substituents is 1. The number of hydrogen-bond acceptors (Lipinski definition) is 6. The maximum absolute atomic E-state index is 13.0. The maximum atomic E-state index is 13.0. The molecule has 0 radical (unpaired) electrons. The standard InChI is InChI=1S/C20H16N2O5.Na.H/c1-2-20(26)14-7-16-17-11(5-10-6-12(23)3-4-15(10)21-17)8-22(16)18(24)13(14)9-27-19(20)25;;/h3-7,23,26H,2,8-9H2,1H3;;/q;+1;-1. The summed E-state index contributed by atoms with van der Waals surface area (Å²) in [7, 11) is 0. The van der Waals surface area contributed by atoms with Crippen molar-refractivity contribution in [3.05, 3.63) is 57.4 Å². The van der Waals surface area contributed by atoms with Crippen LogP contribution in [0.5, 0.6) is 5.75 Å². The Bertz CT molecular complexity index is 1230. The van der Waals surface area contributed by atoms with Crippen LogP contribution >= 0.6 is 0 Å². The average molecular weight is 388 g/mol. The molecule has 0 bridgehead atoms. The van der Waals surface area contributed by atoms with E-state index in [9.17, 15) is 19.8 Å². The molecule has 3 aromatic rings. The van der Waals surface area contributed by atoms with Crippen molar-refractivity contribution in [2.45, 2.75) is 32.1 Å². The number of hydrogen-bond donors (Lipinski definition) is 2. The first-order valence-electron chi connectivity index (χ1n) is 8.72. The Hall–Kier alpha value is -2.19. The van der Waals surface area contributed by atoms with E-state index in [2.05, 4.69) is 4.98 Å². The van der Waals surface area contributed by atoms with Crippen molar-refractivity contribution in [2.75, 3.05) is 0 Å². The molecule has 2 aliphatic heterocycles. The second-order valence-electron chi connectivity index (χ2n) is 6.98. The molecule has 1 unspecified atom stereocenters. The first kappa shape index (κ1) is 19.1. The largest absolute Gasteiger partial charge is 1.00 e. The van der Waals surface area contributed by atoms with E-state index in [0.717, 1.165) is 10.9 Å². The molecule has 0 amide bonds. The van der Waals surface area contributed by atoms with E-state index in [-0.39, 0.29) is 55.3 Å². The molecule has 0 saturated heterocycles. The quantitative estimate of drug-likeness (QED) is 0.317. The van der Waals surface area contributed by atoms with Gasteiger partial charge in [0.1, 0.15) is 12.4 Å². The number of esters is 1. The van der Waals surface area contributed by atoms with Crippen molar-refractivity contribution in [2.24, 2.45) is 0 Å². The summed E-state index contributed by atoms with van der Waals surface area (Å²) >= 11 is 0. The van der Waals surface area contributed by atoms with Gasteiger partial charge in [-0.3, -0.25) is 4.79 Å². The molecular formula is C20H17N2NaO5. The number of cyclic esters (lactones) is 1. The predicted molar refractivity (Wildman–Crippen MR) is 97.3 cm³/mol. The van der Waals surface area contributed by atoms with Gasteiger partial charge in [0.25, 0.3) is 5.56 Å². The Labute approximate surface area is 183 Å². The van der Waals surface area contributed by atoms with E-state index in [4.69, 9.17) is 4.74 Å². The normalized spacial score (nSPS) is 19.4. The number of pyridine rings is 2. The number of benzene rings is 1. The van der Waals surface area contributed by atoms with Crippen LogP contribution in [0.15, 0.2) is 35.1 Å². The van der Waals surface area contributed by atoms with Gasteiger partial charge in [0.15, 0.2) is 5.60 Å². The van der Waals surface area contributed by atoms with Gasteiger partial charge in [-0.2, -0.15) is 0 Å². The molecule has 0 spiro atoms. The van der Waals surface area contributed by atoms with Gasteiger partial charge in [0.05, 0.1) is 29.0 Å². The van der Waals surface area contributed by atoms with Crippen LogP contribution in [0.4, 0.5) is 0 Å². The monoisotopic (exact) mass is 388 g/mol. The summed E-state index contributed by atoms with van der Waals surface area (Å²) in [5, 5.41) is 21.3.